The Morgan fingerprint density at radius 3 is 1.88 bits per heavy atom. The largest absolute Gasteiger partial charge is 0.494 e. The zero-order valence-electron chi connectivity index (χ0n) is 19.3. The van der Waals surface area contributed by atoms with Gasteiger partial charge in [0.1, 0.15) is 22.9 Å². The fourth-order valence-corrected chi connectivity index (χ4v) is 3.09. The first kappa shape index (κ1) is 24.3. The van der Waals surface area contributed by atoms with E-state index in [-0.39, 0.29) is 6.42 Å². The van der Waals surface area contributed by atoms with Crippen LogP contribution in [0.15, 0.2) is 81.4 Å². The van der Waals surface area contributed by atoms with E-state index in [1.807, 2.05) is 36.1 Å². The molecule has 0 spiro atoms. The van der Waals surface area contributed by atoms with Gasteiger partial charge in [0.05, 0.1) is 32.0 Å². The molecule has 0 aliphatic carbocycles. The zero-order chi connectivity index (χ0) is 24.3. The van der Waals surface area contributed by atoms with Gasteiger partial charge in [-0.25, -0.2) is 0 Å². The molecule has 0 atom stereocenters. The first-order valence-corrected chi connectivity index (χ1v) is 10.6. The maximum atomic E-state index is 10.9. The van der Waals surface area contributed by atoms with Gasteiger partial charge in [-0.1, -0.05) is 0 Å². The molecule has 3 rings (SSSR count). The number of benzene rings is 2. The Kier molecular flexibility index (Phi) is 8.61. The van der Waals surface area contributed by atoms with Gasteiger partial charge in [-0.3, -0.25) is 9.78 Å². The van der Waals surface area contributed by atoms with E-state index in [2.05, 4.69) is 25.4 Å². The first-order valence-electron chi connectivity index (χ1n) is 10.6. The van der Waals surface area contributed by atoms with Crippen LogP contribution >= 0.6 is 0 Å². The van der Waals surface area contributed by atoms with Crippen molar-refractivity contribution in [1.29, 1.82) is 0 Å². The summed E-state index contributed by atoms with van der Waals surface area (Å²) in [4.78, 5) is 16.8. The molecule has 10 nitrogen and oxygen atoms in total. The average molecular weight is 463 g/mol. The monoisotopic (exact) mass is 462 g/mol. The molecule has 0 saturated heterocycles. The SMILES string of the molecule is CCN(CCC(=O)O)c1ccc(/N=N/c2cc(OC)c(/N=N/c3ccncc3)cc2OC)cc1. The minimum Gasteiger partial charge on any atom is -0.494 e. The number of carboxylic acid groups (broad SMARTS) is 1. The second-order valence-corrected chi connectivity index (χ2v) is 7.04. The molecule has 1 aromatic heterocycles. The number of pyridine rings is 1. The molecule has 0 bridgehead atoms. The van der Waals surface area contributed by atoms with Crippen LogP contribution in [0, 0.1) is 0 Å². The van der Waals surface area contributed by atoms with Gasteiger partial charge in [0.2, 0.25) is 0 Å². The molecule has 176 valence electrons. The van der Waals surface area contributed by atoms with E-state index in [4.69, 9.17) is 14.6 Å². The van der Waals surface area contributed by atoms with Crippen LogP contribution in [0.1, 0.15) is 13.3 Å². The number of aliphatic carboxylic acids is 1. The van der Waals surface area contributed by atoms with Crippen molar-refractivity contribution in [3.63, 3.8) is 0 Å². The smallest absolute Gasteiger partial charge is 0.305 e. The average Bonchev–Trinajstić information content (AvgIpc) is 2.87. The number of azo groups is 2. The summed E-state index contributed by atoms with van der Waals surface area (Å²) < 4.78 is 10.9. The Morgan fingerprint density at radius 2 is 1.41 bits per heavy atom. The number of nitrogens with zero attached hydrogens (tertiary/aromatic N) is 6. The van der Waals surface area contributed by atoms with E-state index in [0.29, 0.717) is 47.3 Å². The summed E-state index contributed by atoms with van der Waals surface area (Å²) >= 11 is 0. The van der Waals surface area contributed by atoms with Crippen molar-refractivity contribution in [2.24, 2.45) is 20.5 Å². The second kappa shape index (κ2) is 12.0. The van der Waals surface area contributed by atoms with Gasteiger partial charge in [0.25, 0.3) is 0 Å². The summed E-state index contributed by atoms with van der Waals surface area (Å²) in [6.07, 6.45) is 3.35. The van der Waals surface area contributed by atoms with Crippen molar-refractivity contribution in [2.45, 2.75) is 13.3 Å². The van der Waals surface area contributed by atoms with E-state index in [1.54, 1.807) is 36.7 Å². The summed E-state index contributed by atoms with van der Waals surface area (Å²) in [6.45, 7) is 3.12. The number of rotatable bonds is 11. The molecule has 1 heterocycles. The lowest BCUT2D eigenvalue weighted by Gasteiger charge is -2.22. The first-order chi connectivity index (χ1) is 16.5. The van der Waals surface area contributed by atoms with Gasteiger partial charge in [0.15, 0.2) is 0 Å². The van der Waals surface area contributed by atoms with Gasteiger partial charge in [-0.2, -0.15) is 10.2 Å². The fourth-order valence-electron chi connectivity index (χ4n) is 3.09. The lowest BCUT2D eigenvalue weighted by atomic mass is 10.2. The molecule has 34 heavy (non-hydrogen) atoms. The summed E-state index contributed by atoms with van der Waals surface area (Å²) in [5, 5.41) is 26.0. The van der Waals surface area contributed by atoms with E-state index < -0.39 is 5.97 Å². The second-order valence-electron chi connectivity index (χ2n) is 7.04. The Bertz CT molecular complexity index is 1150. The molecule has 0 aliphatic heterocycles. The van der Waals surface area contributed by atoms with E-state index in [9.17, 15) is 4.79 Å². The molecule has 2 aromatic carbocycles. The normalized spacial score (nSPS) is 11.1. The zero-order valence-corrected chi connectivity index (χ0v) is 19.3. The van der Waals surface area contributed by atoms with Crippen molar-refractivity contribution in [1.82, 2.24) is 4.98 Å². The number of ether oxygens (including phenoxy) is 2. The van der Waals surface area contributed by atoms with Gasteiger partial charge >= 0.3 is 5.97 Å². The maximum absolute atomic E-state index is 10.9. The van der Waals surface area contributed by atoms with Crippen molar-refractivity contribution in [3.05, 3.63) is 60.9 Å². The summed E-state index contributed by atoms with van der Waals surface area (Å²) in [7, 11) is 3.08. The molecule has 0 unspecified atom stereocenters. The van der Waals surface area contributed by atoms with Crippen molar-refractivity contribution in [3.8, 4) is 11.5 Å². The summed E-state index contributed by atoms with van der Waals surface area (Å²) in [6, 6.07) is 14.3. The highest BCUT2D eigenvalue weighted by atomic mass is 16.5. The van der Waals surface area contributed by atoms with Crippen LogP contribution in [0.5, 0.6) is 11.5 Å². The van der Waals surface area contributed by atoms with Crippen LogP contribution in [0.4, 0.5) is 28.4 Å². The van der Waals surface area contributed by atoms with E-state index in [1.165, 1.54) is 14.2 Å². The topological polar surface area (TPSA) is 121 Å². The third-order valence-electron chi connectivity index (χ3n) is 4.88. The van der Waals surface area contributed by atoms with Crippen LogP contribution < -0.4 is 14.4 Å². The molecular formula is C24H26N6O4. The van der Waals surface area contributed by atoms with Gasteiger partial charge in [-0.05, 0) is 43.3 Å². The van der Waals surface area contributed by atoms with Gasteiger partial charge < -0.3 is 19.5 Å². The predicted molar refractivity (Wildman–Crippen MR) is 129 cm³/mol. The molecular weight excluding hydrogens is 436 g/mol. The Morgan fingerprint density at radius 1 is 0.882 bits per heavy atom. The van der Waals surface area contributed by atoms with Crippen LogP contribution in [-0.2, 0) is 4.79 Å². The highest BCUT2D eigenvalue weighted by molar-refractivity contribution is 5.68. The fraction of sp³-hybridized carbons (Fsp3) is 0.250. The minimum absolute atomic E-state index is 0.0784. The highest BCUT2D eigenvalue weighted by Crippen LogP contribution is 2.41. The standard InChI is InChI=1S/C24H26N6O4/c1-4-30(14-11-24(31)32)19-7-5-17(6-8-19)26-28-20-15-23(34-3)21(16-22(20)33-2)29-27-18-9-12-25-13-10-18/h5-10,12-13,15-16H,4,11,14H2,1-3H3,(H,31,32)/b28-26+,29-27+. The lowest BCUT2D eigenvalue weighted by Crippen LogP contribution is -2.25. The number of anilines is 1. The molecule has 10 heteroatoms. The Labute approximate surface area is 197 Å². The Balaban J connectivity index is 1.79. The maximum Gasteiger partial charge on any atom is 0.305 e. The van der Waals surface area contributed by atoms with Gasteiger partial charge in [-0.15, -0.1) is 10.2 Å². The number of hydrogen-bond acceptors (Lipinski definition) is 9. The minimum atomic E-state index is -0.821. The molecule has 0 amide bonds. The third kappa shape index (κ3) is 6.58. The number of hydrogen-bond donors (Lipinski definition) is 1. The lowest BCUT2D eigenvalue weighted by molar-refractivity contribution is -0.136. The Hall–Kier alpha value is -4.34. The molecule has 0 saturated carbocycles. The molecule has 1 N–H and O–H groups in total. The molecule has 0 aliphatic rings. The number of carboxylic acids is 1. The molecule has 3 aromatic rings. The van der Waals surface area contributed by atoms with Crippen molar-refractivity contribution in [2.75, 3.05) is 32.2 Å². The van der Waals surface area contributed by atoms with Crippen LogP contribution in [0.2, 0.25) is 0 Å². The highest BCUT2D eigenvalue weighted by Gasteiger charge is 2.12. The molecule has 0 radical (unpaired) electrons. The van der Waals surface area contributed by atoms with Crippen molar-refractivity contribution >= 4 is 34.4 Å². The van der Waals surface area contributed by atoms with Crippen molar-refractivity contribution < 1.29 is 19.4 Å². The third-order valence-corrected chi connectivity index (χ3v) is 4.88. The van der Waals surface area contributed by atoms with E-state index >= 15 is 0 Å². The predicted octanol–water partition coefficient (Wildman–Crippen LogP) is 6.23. The number of aromatic nitrogens is 1. The number of carbonyl (C=O) groups is 1. The quantitative estimate of drug-likeness (QED) is 0.337. The van der Waals surface area contributed by atoms with E-state index in [0.717, 1.165) is 5.69 Å². The summed E-state index contributed by atoms with van der Waals surface area (Å²) in [5.74, 6) is 0.119. The molecule has 0 fully saturated rings. The van der Waals surface area contributed by atoms with Crippen LogP contribution in [-0.4, -0.2) is 43.4 Å². The van der Waals surface area contributed by atoms with Crippen LogP contribution in [0.3, 0.4) is 0 Å². The van der Waals surface area contributed by atoms with Crippen LogP contribution in [0.25, 0.3) is 0 Å². The van der Waals surface area contributed by atoms with Gasteiger partial charge in [0, 0.05) is 43.3 Å². The number of methoxy groups -OCH3 is 2. The summed E-state index contributed by atoms with van der Waals surface area (Å²) in [5.41, 5.74) is 3.18.